The molecule has 1 rings (SSSR count). The largest absolute Gasteiger partial charge is 0.330 e. The van der Waals surface area contributed by atoms with Gasteiger partial charge in [0.15, 0.2) is 0 Å². The van der Waals surface area contributed by atoms with Gasteiger partial charge in [-0.1, -0.05) is 0 Å². The number of hydrogen-bond donors (Lipinski definition) is 3. The first kappa shape index (κ1) is 10.1. The minimum atomic E-state index is -2.69. The smallest absolute Gasteiger partial charge is 0.252 e. The topological polar surface area (TPSA) is 76.4 Å². The molecule has 0 bridgehead atoms. The van der Waals surface area contributed by atoms with Crippen molar-refractivity contribution in [2.45, 2.75) is 24.3 Å². The Bertz CT molecular complexity index is 241. The Kier molecular flexibility index (Phi) is 2.36. The number of nitrogens with two attached hydrogens (primary N) is 2. The lowest BCUT2D eigenvalue weighted by atomic mass is 9.72. The zero-order chi connectivity index (χ0) is 10.1. The molecule has 1 fully saturated rings. The molecule has 13 heavy (non-hydrogen) atoms. The lowest BCUT2D eigenvalue weighted by Crippen LogP contribution is -2.59. The highest BCUT2D eigenvalue weighted by Gasteiger charge is 2.56. The van der Waals surface area contributed by atoms with Crippen LogP contribution in [0.5, 0.6) is 0 Å². The molecule has 6 heteroatoms. The van der Waals surface area contributed by atoms with Crippen molar-refractivity contribution in [2.75, 3.05) is 0 Å². The Morgan fingerprint density at radius 3 is 2.38 bits per heavy atom. The average molecular weight is 190 g/mol. The highest BCUT2D eigenvalue weighted by Crippen LogP contribution is 2.47. The van der Waals surface area contributed by atoms with E-state index in [9.17, 15) is 8.78 Å². The third-order valence-electron chi connectivity index (χ3n) is 2.05. The van der Waals surface area contributed by atoms with Crippen molar-refractivity contribution in [1.82, 2.24) is 5.43 Å². The average Bonchev–Trinajstić information content (AvgIpc) is 1.95. The third kappa shape index (κ3) is 1.84. The van der Waals surface area contributed by atoms with Crippen LogP contribution >= 0.6 is 0 Å². The van der Waals surface area contributed by atoms with E-state index >= 15 is 0 Å². The summed E-state index contributed by atoms with van der Waals surface area (Å²) in [6.07, 6.45) is 0.460. The summed E-state index contributed by atoms with van der Waals surface area (Å²) in [4.78, 5) is 3.55. The fraction of sp³-hybridized carbons (Fsp3) is 0.571. The molecule has 1 aliphatic carbocycles. The van der Waals surface area contributed by atoms with Crippen molar-refractivity contribution in [3.63, 3.8) is 0 Å². The maximum Gasteiger partial charge on any atom is 0.252 e. The summed E-state index contributed by atoms with van der Waals surface area (Å²) in [5.74, 6) is 2.30. The molecule has 0 spiro atoms. The minimum absolute atomic E-state index is 0.265. The van der Waals surface area contributed by atoms with E-state index in [-0.39, 0.29) is 5.70 Å². The standard InChI is InChI=1S/C7H12F2N4/c1-12-5(2-13-11)6(10)3-7(8,9)4-6/h2,13H,1,3-4,10-11H2/b5-2-. The van der Waals surface area contributed by atoms with Crippen molar-refractivity contribution in [1.29, 1.82) is 0 Å². The molecule has 0 radical (unpaired) electrons. The minimum Gasteiger partial charge on any atom is -0.330 e. The molecule has 0 atom stereocenters. The third-order valence-corrected chi connectivity index (χ3v) is 2.05. The van der Waals surface area contributed by atoms with Gasteiger partial charge in [0.05, 0.1) is 11.2 Å². The monoisotopic (exact) mass is 190 g/mol. The van der Waals surface area contributed by atoms with Crippen LogP contribution in [0.2, 0.25) is 0 Å². The molecule has 0 aromatic carbocycles. The van der Waals surface area contributed by atoms with E-state index in [4.69, 9.17) is 11.6 Å². The maximum absolute atomic E-state index is 12.5. The van der Waals surface area contributed by atoms with Crippen LogP contribution in [0.25, 0.3) is 0 Å². The molecule has 4 nitrogen and oxygen atoms in total. The molecule has 0 heterocycles. The molecule has 0 unspecified atom stereocenters. The summed E-state index contributed by atoms with van der Waals surface area (Å²) in [7, 11) is 0. The Labute approximate surface area is 74.7 Å². The Morgan fingerprint density at radius 1 is 1.54 bits per heavy atom. The van der Waals surface area contributed by atoms with Crippen molar-refractivity contribution in [3.05, 3.63) is 11.9 Å². The van der Waals surface area contributed by atoms with Gasteiger partial charge in [-0.25, -0.2) is 8.78 Å². The predicted molar refractivity (Wildman–Crippen MR) is 46.1 cm³/mol. The number of nitrogens with zero attached hydrogens (tertiary/aromatic N) is 1. The van der Waals surface area contributed by atoms with Gasteiger partial charge in [-0.2, -0.15) is 0 Å². The van der Waals surface area contributed by atoms with Crippen LogP contribution in [0.4, 0.5) is 8.78 Å². The number of alkyl halides is 2. The van der Waals surface area contributed by atoms with Crippen molar-refractivity contribution >= 4 is 6.72 Å². The number of nitrogens with one attached hydrogen (secondary N) is 1. The maximum atomic E-state index is 12.5. The summed E-state index contributed by atoms with van der Waals surface area (Å²) >= 11 is 0. The summed E-state index contributed by atoms with van der Waals surface area (Å²) < 4.78 is 25.1. The molecule has 0 aromatic rings. The van der Waals surface area contributed by atoms with E-state index < -0.39 is 24.3 Å². The molecular formula is C7H12F2N4. The van der Waals surface area contributed by atoms with Crippen LogP contribution in [0.15, 0.2) is 16.9 Å². The molecular weight excluding hydrogens is 178 g/mol. The zero-order valence-electron chi connectivity index (χ0n) is 7.06. The van der Waals surface area contributed by atoms with Crippen LogP contribution in [0.3, 0.4) is 0 Å². The van der Waals surface area contributed by atoms with Crippen LogP contribution in [-0.2, 0) is 0 Å². The van der Waals surface area contributed by atoms with Gasteiger partial charge in [0.2, 0.25) is 0 Å². The summed E-state index contributed by atoms with van der Waals surface area (Å²) in [5.41, 5.74) is 7.02. The van der Waals surface area contributed by atoms with Crippen LogP contribution in [0, 0.1) is 0 Å². The summed E-state index contributed by atoms with van der Waals surface area (Å²) in [6, 6.07) is 0. The number of aliphatic imine (C=N–C) groups is 1. The van der Waals surface area contributed by atoms with Gasteiger partial charge >= 0.3 is 0 Å². The molecule has 74 valence electrons. The van der Waals surface area contributed by atoms with E-state index in [1.165, 1.54) is 6.20 Å². The van der Waals surface area contributed by atoms with Gasteiger partial charge < -0.3 is 11.2 Å². The van der Waals surface area contributed by atoms with Crippen molar-refractivity contribution < 1.29 is 8.78 Å². The quantitative estimate of drug-likeness (QED) is 0.336. The predicted octanol–water partition coefficient (Wildman–Crippen LogP) is 0.118. The first-order valence-corrected chi connectivity index (χ1v) is 3.74. The van der Waals surface area contributed by atoms with E-state index in [1.807, 2.05) is 0 Å². The first-order chi connectivity index (χ1) is 5.93. The fourth-order valence-electron chi connectivity index (χ4n) is 1.48. The number of halogens is 2. The summed E-state index contributed by atoms with van der Waals surface area (Å²) in [5, 5.41) is 0. The Morgan fingerprint density at radius 2 is 2.08 bits per heavy atom. The lowest BCUT2D eigenvalue weighted by molar-refractivity contribution is -0.110. The van der Waals surface area contributed by atoms with Crippen LogP contribution in [-0.4, -0.2) is 18.2 Å². The number of hydrogen-bond acceptors (Lipinski definition) is 4. The van der Waals surface area contributed by atoms with E-state index in [1.54, 1.807) is 0 Å². The van der Waals surface area contributed by atoms with Gasteiger partial charge in [0.25, 0.3) is 5.92 Å². The van der Waals surface area contributed by atoms with Crippen molar-refractivity contribution in [2.24, 2.45) is 16.6 Å². The first-order valence-electron chi connectivity index (χ1n) is 3.74. The van der Waals surface area contributed by atoms with Gasteiger partial charge in [-0.15, -0.1) is 0 Å². The lowest BCUT2D eigenvalue weighted by Gasteiger charge is -2.44. The highest BCUT2D eigenvalue weighted by molar-refractivity contribution is 5.35. The Hall–Kier alpha value is -1.01. The van der Waals surface area contributed by atoms with Gasteiger partial charge in [0, 0.05) is 19.0 Å². The number of hydrazine groups is 1. The van der Waals surface area contributed by atoms with E-state index in [0.717, 1.165) is 0 Å². The second-order valence-corrected chi connectivity index (χ2v) is 3.22. The number of rotatable bonds is 3. The molecule has 0 aromatic heterocycles. The van der Waals surface area contributed by atoms with E-state index in [2.05, 4.69) is 17.1 Å². The van der Waals surface area contributed by atoms with Gasteiger partial charge in [0.1, 0.15) is 0 Å². The molecule has 1 saturated carbocycles. The molecule has 0 amide bonds. The second-order valence-electron chi connectivity index (χ2n) is 3.22. The van der Waals surface area contributed by atoms with Crippen LogP contribution < -0.4 is 17.0 Å². The highest BCUT2D eigenvalue weighted by atomic mass is 19.3. The fourth-order valence-corrected chi connectivity index (χ4v) is 1.48. The molecule has 5 N–H and O–H groups in total. The summed E-state index contributed by atoms with van der Waals surface area (Å²) in [6.45, 7) is 3.24. The van der Waals surface area contributed by atoms with Crippen molar-refractivity contribution in [3.8, 4) is 0 Å². The Balaban J connectivity index is 2.72. The zero-order valence-corrected chi connectivity index (χ0v) is 7.06. The van der Waals surface area contributed by atoms with Gasteiger partial charge in [-0.3, -0.25) is 10.8 Å². The second kappa shape index (κ2) is 3.04. The van der Waals surface area contributed by atoms with Crippen LogP contribution in [0.1, 0.15) is 12.8 Å². The molecule has 0 aliphatic heterocycles. The van der Waals surface area contributed by atoms with E-state index in [0.29, 0.717) is 0 Å². The SMILES string of the molecule is C=N/C(=C\NN)C1(N)CC(F)(F)C1. The molecule has 0 saturated heterocycles. The normalized spacial score (nSPS) is 24.8. The van der Waals surface area contributed by atoms with Gasteiger partial charge in [-0.05, 0) is 6.72 Å². The molecule has 1 aliphatic rings.